The molecule has 5 aliphatic rings. The van der Waals surface area contributed by atoms with E-state index in [1.807, 2.05) is 0 Å². The van der Waals surface area contributed by atoms with Crippen molar-refractivity contribution < 1.29 is 5.11 Å². The predicted molar refractivity (Wildman–Crippen MR) is 76.9 cm³/mol. The van der Waals surface area contributed by atoms with E-state index in [1.54, 1.807) is 0 Å². The van der Waals surface area contributed by atoms with Crippen LogP contribution in [-0.2, 0) is 0 Å². The van der Waals surface area contributed by atoms with Gasteiger partial charge in [0.2, 0.25) is 0 Å². The standard InChI is InChI=1S/C16H25N3O/c1-2-3-18-15(17)19-6-16(20)13-8-5-9-11-7(8)4-10(13)12(11)14(9)16/h7-14,20H,2-6H2,1H3,(H3,17,18,19). The molecule has 0 aliphatic heterocycles. The number of aliphatic hydroxyl groups is 1. The lowest BCUT2D eigenvalue weighted by Gasteiger charge is -2.51. The molecule has 20 heavy (non-hydrogen) atoms. The average Bonchev–Trinajstić information content (AvgIpc) is 2.92. The van der Waals surface area contributed by atoms with Gasteiger partial charge in [-0.25, -0.2) is 0 Å². The zero-order chi connectivity index (χ0) is 13.6. The van der Waals surface area contributed by atoms with Gasteiger partial charge in [0.1, 0.15) is 0 Å². The smallest absolute Gasteiger partial charge is 0.188 e. The molecule has 0 amide bonds. The second-order valence-electron chi connectivity index (χ2n) is 7.95. The summed E-state index contributed by atoms with van der Waals surface area (Å²) in [6.07, 6.45) is 3.86. The maximum Gasteiger partial charge on any atom is 0.188 e. The highest BCUT2D eigenvalue weighted by molar-refractivity contribution is 5.77. The van der Waals surface area contributed by atoms with E-state index in [4.69, 9.17) is 5.73 Å². The summed E-state index contributed by atoms with van der Waals surface area (Å²) in [4.78, 5) is 4.49. The largest absolute Gasteiger partial charge is 0.387 e. The molecule has 0 saturated heterocycles. The average molecular weight is 275 g/mol. The molecule has 4 N–H and O–H groups in total. The SMILES string of the molecule is CCCNC(N)=NCC1(O)C2C3CC4C5C3CC2C5C41. The summed E-state index contributed by atoms with van der Waals surface area (Å²) < 4.78 is 0. The van der Waals surface area contributed by atoms with Crippen LogP contribution in [0.25, 0.3) is 0 Å². The summed E-state index contributed by atoms with van der Waals surface area (Å²) in [7, 11) is 0. The molecule has 0 radical (unpaired) electrons. The highest BCUT2D eigenvalue weighted by atomic mass is 16.3. The highest BCUT2D eigenvalue weighted by Gasteiger charge is 2.84. The first-order chi connectivity index (χ1) is 9.66. The van der Waals surface area contributed by atoms with Gasteiger partial charge in [-0.05, 0) is 66.6 Å². The van der Waals surface area contributed by atoms with Crippen molar-refractivity contribution >= 4 is 5.96 Å². The Morgan fingerprint density at radius 2 is 1.95 bits per heavy atom. The minimum Gasteiger partial charge on any atom is -0.387 e. The Labute approximate surface area is 120 Å². The Kier molecular flexibility index (Phi) is 2.08. The van der Waals surface area contributed by atoms with Crippen molar-refractivity contribution in [3.05, 3.63) is 0 Å². The van der Waals surface area contributed by atoms with Gasteiger partial charge < -0.3 is 16.2 Å². The van der Waals surface area contributed by atoms with Crippen molar-refractivity contribution in [2.75, 3.05) is 13.1 Å². The van der Waals surface area contributed by atoms with Crippen LogP contribution in [0.2, 0.25) is 0 Å². The van der Waals surface area contributed by atoms with Crippen LogP contribution in [-0.4, -0.2) is 29.8 Å². The third kappa shape index (κ3) is 1.07. The van der Waals surface area contributed by atoms with E-state index in [0.717, 1.165) is 48.5 Å². The first-order valence-electron chi connectivity index (χ1n) is 8.43. The lowest BCUT2D eigenvalue weighted by molar-refractivity contribution is -0.123. The first-order valence-corrected chi connectivity index (χ1v) is 8.43. The molecule has 110 valence electrons. The lowest BCUT2D eigenvalue weighted by Crippen LogP contribution is -2.56. The van der Waals surface area contributed by atoms with Crippen LogP contribution in [0.4, 0.5) is 0 Å². The topological polar surface area (TPSA) is 70.6 Å². The van der Waals surface area contributed by atoms with E-state index in [2.05, 4.69) is 17.2 Å². The zero-order valence-corrected chi connectivity index (χ0v) is 12.1. The van der Waals surface area contributed by atoms with Gasteiger partial charge in [-0.15, -0.1) is 0 Å². The molecule has 4 heteroatoms. The summed E-state index contributed by atoms with van der Waals surface area (Å²) in [5.41, 5.74) is 5.39. The molecular formula is C16H25N3O. The zero-order valence-electron chi connectivity index (χ0n) is 12.1. The van der Waals surface area contributed by atoms with Crippen molar-refractivity contribution in [1.82, 2.24) is 5.32 Å². The van der Waals surface area contributed by atoms with Crippen molar-refractivity contribution in [2.24, 2.45) is 58.1 Å². The molecule has 0 aromatic carbocycles. The summed E-state index contributed by atoms with van der Waals surface area (Å²) >= 11 is 0. The van der Waals surface area contributed by atoms with Gasteiger partial charge in [0.25, 0.3) is 0 Å². The lowest BCUT2D eigenvalue weighted by atomic mass is 9.56. The molecule has 5 aliphatic carbocycles. The first kappa shape index (κ1) is 11.8. The Bertz CT molecular complexity index is 486. The second kappa shape index (κ2) is 3.52. The molecule has 0 heterocycles. The van der Waals surface area contributed by atoms with E-state index >= 15 is 0 Å². The molecule has 5 fully saturated rings. The van der Waals surface area contributed by atoms with Crippen LogP contribution >= 0.6 is 0 Å². The number of rotatable bonds is 4. The molecule has 0 aromatic heterocycles. The van der Waals surface area contributed by atoms with Crippen molar-refractivity contribution in [2.45, 2.75) is 31.8 Å². The van der Waals surface area contributed by atoms with E-state index in [0.29, 0.717) is 24.3 Å². The number of hydrogen-bond acceptors (Lipinski definition) is 2. The summed E-state index contributed by atoms with van der Waals surface area (Å²) in [6, 6.07) is 0. The molecule has 9 atom stereocenters. The van der Waals surface area contributed by atoms with Crippen LogP contribution < -0.4 is 11.1 Å². The van der Waals surface area contributed by atoms with E-state index in [-0.39, 0.29) is 0 Å². The Morgan fingerprint density at radius 1 is 1.20 bits per heavy atom. The molecule has 0 aromatic rings. The third-order valence-electron chi connectivity index (χ3n) is 7.58. The fourth-order valence-corrected chi connectivity index (χ4v) is 7.46. The maximum atomic E-state index is 11.3. The minimum atomic E-state index is -0.525. The highest BCUT2D eigenvalue weighted by Crippen LogP contribution is 2.85. The number of guanidine groups is 1. The quantitative estimate of drug-likeness (QED) is 0.525. The number of nitrogens with one attached hydrogen (secondary N) is 1. The monoisotopic (exact) mass is 275 g/mol. The molecule has 9 unspecified atom stereocenters. The number of aliphatic imine (C=N–C) groups is 1. The van der Waals surface area contributed by atoms with Gasteiger partial charge in [0, 0.05) is 6.54 Å². The van der Waals surface area contributed by atoms with Crippen molar-refractivity contribution in [3.8, 4) is 0 Å². The molecule has 0 spiro atoms. The van der Waals surface area contributed by atoms with Crippen LogP contribution in [0.1, 0.15) is 26.2 Å². The number of hydrogen-bond donors (Lipinski definition) is 3. The van der Waals surface area contributed by atoms with E-state index < -0.39 is 5.60 Å². The van der Waals surface area contributed by atoms with Crippen LogP contribution in [0, 0.1) is 47.3 Å². The van der Waals surface area contributed by atoms with Gasteiger partial charge in [0.05, 0.1) is 12.1 Å². The van der Waals surface area contributed by atoms with E-state index in [9.17, 15) is 5.11 Å². The molecule has 5 saturated carbocycles. The van der Waals surface area contributed by atoms with Gasteiger partial charge in [-0.2, -0.15) is 0 Å². The molecule has 4 nitrogen and oxygen atoms in total. The molecule has 2 bridgehead atoms. The number of nitrogens with zero attached hydrogens (tertiary/aromatic N) is 1. The van der Waals surface area contributed by atoms with Crippen molar-refractivity contribution in [3.63, 3.8) is 0 Å². The van der Waals surface area contributed by atoms with Crippen molar-refractivity contribution in [1.29, 1.82) is 0 Å². The minimum absolute atomic E-state index is 0.513. The predicted octanol–water partition coefficient (Wildman–Crippen LogP) is 0.810. The molecule has 5 rings (SSSR count). The Balaban J connectivity index is 1.40. The maximum absolute atomic E-state index is 11.3. The third-order valence-corrected chi connectivity index (χ3v) is 7.58. The second-order valence-corrected chi connectivity index (χ2v) is 7.95. The van der Waals surface area contributed by atoms with Gasteiger partial charge in [0.15, 0.2) is 5.96 Å². The van der Waals surface area contributed by atoms with Crippen LogP contribution in [0.15, 0.2) is 4.99 Å². The fourth-order valence-electron chi connectivity index (χ4n) is 7.46. The number of fused-ring (bicyclic) bond motifs is 2. The Morgan fingerprint density at radius 3 is 2.75 bits per heavy atom. The van der Waals surface area contributed by atoms with E-state index in [1.165, 1.54) is 12.8 Å². The Hall–Kier alpha value is -0.770. The van der Waals surface area contributed by atoms with Gasteiger partial charge >= 0.3 is 0 Å². The fraction of sp³-hybridized carbons (Fsp3) is 0.938. The van der Waals surface area contributed by atoms with Gasteiger partial charge in [-0.1, -0.05) is 6.92 Å². The normalized spacial score (nSPS) is 60.4. The molecular weight excluding hydrogens is 250 g/mol. The number of nitrogens with two attached hydrogens (primary N) is 1. The van der Waals surface area contributed by atoms with Crippen LogP contribution in [0.3, 0.4) is 0 Å². The summed E-state index contributed by atoms with van der Waals surface area (Å²) in [5.74, 6) is 6.86. The van der Waals surface area contributed by atoms with Gasteiger partial charge in [-0.3, -0.25) is 4.99 Å². The van der Waals surface area contributed by atoms with Crippen LogP contribution in [0.5, 0.6) is 0 Å². The summed E-state index contributed by atoms with van der Waals surface area (Å²) in [6.45, 7) is 3.51. The summed E-state index contributed by atoms with van der Waals surface area (Å²) in [5, 5.41) is 14.5.